The number of nitrogens with one attached hydrogen (secondary N) is 1. The zero-order valence-corrected chi connectivity index (χ0v) is 13.9. The molecular weight excluding hydrogens is 272 g/mol. The van der Waals surface area contributed by atoms with Gasteiger partial charge in [0.1, 0.15) is 6.04 Å². The predicted molar refractivity (Wildman–Crippen MR) is 80.2 cm³/mol. The summed E-state index contributed by atoms with van der Waals surface area (Å²) >= 11 is 0. The zero-order chi connectivity index (χ0) is 16.4. The molecule has 0 spiro atoms. The fourth-order valence-corrected chi connectivity index (χ4v) is 2.86. The molecule has 0 aromatic heterocycles. The van der Waals surface area contributed by atoms with Crippen LogP contribution in [0.2, 0.25) is 0 Å². The molecule has 1 atom stereocenters. The lowest BCUT2D eigenvalue weighted by atomic mass is 9.99. The van der Waals surface area contributed by atoms with Crippen LogP contribution in [-0.2, 0) is 9.53 Å². The average Bonchev–Trinajstić information content (AvgIpc) is 2.22. The molecule has 2 N–H and O–H groups in total. The van der Waals surface area contributed by atoms with Gasteiger partial charge in [-0.3, -0.25) is 0 Å². The molecule has 1 aliphatic rings. The van der Waals surface area contributed by atoms with Crippen LogP contribution < -0.4 is 5.32 Å². The van der Waals surface area contributed by atoms with E-state index in [-0.39, 0.29) is 11.9 Å². The van der Waals surface area contributed by atoms with Crippen LogP contribution in [0.15, 0.2) is 0 Å². The number of morpholine rings is 1. The fraction of sp³-hybridized carbons (Fsp3) is 0.867. The second-order valence-corrected chi connectivity index (χ2v) is 7.45. The van der Waals surface area contributed by atoms with Crippen LogP contribution in [0.3, 0.4) is 0 Å². The van der Waals surface area contributed by atoms with Crippen molar-refractivity contribution in [3.8, 4) is 0 Å². The van der Waals surface area contributed by atoms with Crippen molar-refractivity contribution in [2.45, 2.75) is 65.2 Å². The van der Waals surface area contributed by atoms with Crippen LogP contribution >= 0.6 is 0 Å². The number of carboxylic acid groups (broad SMARTS) is 1. The van der Waals surface area contributed by atoms with Gasteiger partial charge in [0.2, 0.25) is 0 Å². The average molecular weight is 300 g/mol. The summed E-state index contributed by atoms with van der Waals surface area (Å²) in [7, 11) is 0. The maximum atomic E-state index is 12.4. The van der Waals surface area contributed by atoms with E-state index in [9.17, 15) is 14.7 Å². The van der Waals surface area contributed by atoms with Crippen molar-refractivity contribution in [2.24, 2.45) is 5.92 Å². The van der Waals surface area contributed by atoms with Gasteiger partial charge in [0, 0.05) is 0 Å². The fourth-order valence-electron chi connectivity index (χ4n) is 2.86. The lowest BCUT2D eigenvalue weighted by Crippen LogP contribution is -2.61. The summed E-state index contributed by atoms with van der Waals surface area (Å²) in [5.74, 6) is -0.798. The summed E-state index contributed by atoms with van der Waals surface area (Å²) in [6, 6.07) is -1.20. The van der Waals surface area contributed by atoms with Gasteiger partial charge in [-0.1, -0.05) is 13.8 Å². The third-order valence-corrected chi connectivity index (χ3v) is 3.29. The molecule has 1 rings (SSSR count). The van der Waals surface area contributed by atoms with Crippen molar-refractivity contribution in [1.82, 2.24) is 10.2 Å². The zero-order valence-electron chi connectivity index (χ0n) is 13.9. The predicted octanol–water partition coefficient (Wildman–Crippen LogP) is 2.08. The Morgan fingerprint density at radius 2 is 1.67 bits per heavy atom. The van der Waals surface area contributed by atoms with Gasteiger partial charge in [-0.05, 0) is 40.0 Å². The number of amides is 2. The first kappa shape index (κ1) is 17.8. The van der Waals surface area contributed by atoms with Crippen LogP contribution in [0.4, 0.5) is 4.79 Å². The largest absolute Gasteiger partial charge is 0.480 e. The monoisotopic (exact) mass is 300 g/mol. The van der Waals surface area contributed by atoms with Gasteiger partial charge in [0.15, 0.2) is 0 Å². The van der Waals surface area contributed by atoms with Crippen molar-refractivity contribution in [2.75, 3.05) is 13.1 Å². The molecule has 21 heavy (non-hydrogen) atoms. The number of carbonyl (C=O) groups is 2. The first-order valence-corrected chi connectivity index (χ1v) is 7.40. The summed E-state index contributed by atoms with van der Waals surface area (Å²) in [4.78, 5) is 25.3. The van der Waals surface area contributed by atoms with Crippen LogP contribution in [0.25, 0.3) is 0 Å². The van der Waals surface area contributed by atoms with Crippen LogP contribution in [0, 0.1) is 5.92 Å². The third kappa shape index (κ3) is 5.53. The summed E-state index contributed by atoms with van der Waals surface area (Å²) < 4.78 is 5.92. The highest BCUT2D eigenvalue weighted by molar-refractivity contribution is 5.82. The highest BCUT2D eigenvalue weighted by atomic mass is 16.5. The minimum absolute atomic E-state index is 0.198. The van der Waals surface area contributed by atoms with E-state index in [1.165, 1.54) is 0 Å². The third-order valence-electron chi connectivity index (χ3n) is 3.29. The van der Waals surface area contributed by atoms with E-state index in [0.29, 0.717) is 19.5 Å². The Bertz CT molecular complexity index is 388. The summed E-state index contributed by atoms with van der Waals surface area (Å²) in [5, 5.41) is 11.8. The Balaban J connectivity index is 2.75. The number of ether oxygens (including phenoxy) is 1. The normalized spacial score (nSPS) is 22.0. The first-order valence-electron chi connectivity index (χ1n) is 7.40. The molecule has 122 valence electrons. The van der Waals surface area contributed by atoms with Gasteiger partial charge in [0.25, 0.3) is 0 Å². The van der Waals surface area contributed by atoms with E-state index >= 15 is 0 Å². The van der Waals surface area contributed by atoms with Gasteiger partial charge in [0.05, 0.1) is 24.3 Å². The SMILES string of the molecule is CC(C)C[C@H](NC(=O)N1CC(C)(C)OC(C)(C)C1)C(=O)O. The van der Waals surface area contributed by atoms with Crippen molar-refractivity contribution in [1.29, 1.82) is 0 Å². The number of urea groups is 1. The van der Waals surface area contributed by atoms with Gasteiger partial charge < -0.3 is 20.1 Å². The number of aliphatic carboxylic acids is 1. The van der Waals surface area contributed by atoms with Crippen molar-refractivity contribution < 1.29 is 19.4 Å². The number of rotatable bonds is 4. The van der Waals surface area contributed by atoms with Crippen LogP contribution in [0.1, 0.15) is 48.0 Å². The second kappa shape index (κ2) is 6.22. The van der Waals surface area contributed by atoms with E-state index in [1.54, 1.807) is 4.90 Å². The van der Waals surface area contributed by atoms with Crippen molar-refractivity contribution in [3.63, 3.8) is 0 Å². The number of carboxylic acids is 1. The van der Waals surface area contributed by atoms with Gasteiger partial charge in [-0.15, -0.1) is 0 Å². The van der Waals surface area contributed by atoms with Crippen molar-refractivity contribution in [3.05, 3.63) is 0 Å². The Morgan fingerprint density at radius 3 is 2.05 bits per heavy atom. The molecule has 0 bridgehead atoms. The van der Waals surface area contributed by atoms with E-state index < -0.39 is 23.2 Å². The molecule has 0 unspecified atom stereocenters. The van der Waals surface area contributed by atoms with Crippen LogP contribution in [-0.4, -0.2) is 52.3 Å². The molecule has 1 aliphatic heterocycles. The number of carbonyl (C=O) groups excluding carboxylic acids is 1. The lowest BCUT2D eigenvalue weighted by Gasteiger charge is -2.47. The Kier molecular flexibility index (Phi) is 5.25. The lowest BCUT2D eigenvalue weighted by molar-refractivity contribution is -0.170. The Labute approximate surface area is 126 Å². The highest BCUT2D eigenvalue weighted by Crippen LogP contribution is 2.28. The summed E-state index contributed by atoms with van der Waals surface area (Å²) in [6.45, 7) is 12.5. The van der Waals surface area contributed by atoms with Gasteiger partial charge in [-0.2, -0.15) is 0 Å². The number of nitrogens with zero attached hydrogens (tertiary/aromatic N) is 1. The smallest absolute Gasteiger partial charge is 0.326 e. The molecule has 0 saturated carbocycles. The Hall–Kier alpha value is -1.30. The quantitative estimate of drug-likeness (QED) is 0.833. The topological polar surface area (TPSA) is 78.9 Å². The number of hydrogen-bond donors (Lipinski definition) is 2. The maximum Gasteiger partial charge on any atom is 0.326 e. The maximum absolute atomic E-state index is 12.4. The van der Waals surface area contributed by atoms with Crippen LogP contribution in [0.5, 0.6) is 0 Å². The molecule has 0 aromatic rings. The van der Waals surface area contributed by atoms with E-state index in [4.69, 9.17) is 4.74 Å². The molecule has 1 saturated heterocycles. The molecule has 0 aliphatic carbocycles. The minimum Gasteiger partial charge on any atom is -0.480 e. The van der Waals surface area contributed by atoms with Gasteiger partial charge in [-0.25, -0.2) is 9.59 Å². The minimum atomic E-state index is -0.996. The molecule has 6 heteroatoms. The molecule has 1 fully saturated rings. The van der Waals surface area contributed by atoms with Crippen molar-refractivity contribution >= 4 is 12.0 Å². The molecule has 2 amide bonds. The summed E-state index contributed by atoms with van der Waals surface area (Å²) in [6.07, 6.45) is 0.415. The number of hydrogen-bond acceptors (Lipinski definition) is 3. The van der Waals surface area contributed by atoms with Gasteiger partial charge >= 0.3 is 12.0 Å². The van der Waals surface area contributed by atoms with E-state index in [1.807, 2.05) is 41.5 Å². The second-order valence-electron chi connectivity index (χ2n) is 7.45. The standard InChI is InChI=1S/C15H28N2O4/c1-10(2)7-11(12(18)19)16-13(20)17-8-14(3,4)21-15(5,6)9-17/h10-11H,7-9H2,1-6H3,(H,16,20)(H,18,19)/t11-/m0/s1. The Morgan fingerprint density at radius 1 is 1.19 bits per heavy atom. The molecular formula is C15H28N2O4. The van der Waals surface area contributed by atoms with E-state index in [0.717, 1.165) is 0 Å². The summed E-state index contributed by atoms with van der Waals surface area (Å²) in [5.41, 5.74) is -0.897. The molecule has 6 nitrogen and oxygen atoms in total. The molecule has 1 heterocycles. The molecule has 0 radical (unpaired) electrons. The first-order chi connectivity index (χ1) is 9.42. The molecule has 0 aromatic carbocycles. The highest BCUT2D eigenvalue weighted by Gasteiger charge is 2.40. The van der Waals surface area contributed by atoms with E-state index in [2.05, 4.69) is 5.32 Å².